The highest BCUT2D eigenvalue weighted by Crippen LogP contribution is 2.28. The van der Waals surface area contributed by atoms with Crippen LogP contribution in [0.2, 0.25) is 5.02 Å². The van der Waals surface area contributed by atoms with Gasteiger partial charge in [-0.05, 0) is 31.2 Å². The Bertz CT molecular complexity index is 514. The minimum absolute atomic E-state index is 0.740. The van der Waals surface area contributed by atoms with Crippen LogP contribution in [0, 0.1) is 6.92 Å². The second-order valence-electron chi connectivity index (χ2n) is 3.44. The molecule has 0 bridgehead atoms. The van der Waals surface area contributed by atoms with Crippen LogP contribution in [-0.4, -0.2) is 17.0 Å². The van der Waals surface area contributed by atoms with E-state index in [1.54, 1.807) is 11.8 Å². The van der Waals surface area contributed by atoms with E-state index in [2.05, 4.69) is 15.3 Å². The number of hydrogen-bond acceptors (Lipinski definition) is 4. The minimum Gasteiger partial charge on any atom is -0.373 e. The summed E-state index contributed by atoms with van der Waals surface area (Å²) in [5.74, 6) is 1.59. The molecule has 2 rings (SSSR count). The zero-order valence-corrected chi connectivity index (χ0v) is 11.1. The second-order valence-corrected chi connectivity index (χ2v) is 4.97. The van der Waals surface area contributed by atoms with E-state index in [0.717, 1.165) is 26.6 Å². The van der Waals surface area contributed by atoms with Crippen LogP contribution >= 0.6 is 23.4 Å². The molecule has 0 amide bonds. The molecule has 0 radical (unpaired) electrons. The van der Waals surface area contributed by atoms with Crippen molar-refractivity contribution in [2.75, 3.05) is 12.4 Å². The Morgan fingerprint density at radius 3 is 2.53 bits per heavy atom. The van der Waals surface area contributed by atoms with Gasteiger partial charge in [0.15, 0.2) is 0 Å². The zero-order valence-electron chi connectivity index (χ0n) is 9.57. The van der Waals surface area contributed by atoms with E-state index >= 15 is 0 Å². The number of nitrogens with one attached hydrogen (secondary N) is 1. The second kappa shape index (κ2) is 5.38. The first kappa shape index (κ1) is 12.2. The fraction of sp³-hybridized carbons (Fsp3) is 0.167. The van der Waals surface area contributed by atoms with E-state index in [-0.39, 0.29) is 0 Å². The Morgan fingerprint density at radius 1 is 1.18 bits per heavy atom. The molecule has 1 aromatic heterocycles. The summed E-state index contributed by atoms with van der Waals surface area (Å²) in [5.41, 5.74) is 0. The number of rotatable bonds is 3. The third-order valence-corrected chi connectivity index (χ3v) is 3.28. The lowest BCUT2D eigenvalue weighted by Crippen LogP contribution is -1.97. The Balaban J connectivity index is 2.23. The molecule has 1 heterocycles. The molecule has 0 saturated carbocycles. The van der Waals surface area contributed by atoms with Gasteiger partial charge in [0.1, 0.15) is 16.7 Å². The standard InChI is InChI=1S/C12H12ClN3S/c1-8-15-11(14-2)7-12(16-8)17-10-5-3-9(13)4-6-10/h3-7H,1-2H3,(H,14,15,16). The van der Waals surface area contributed by atoms with E-state index in [4.69, 9.17) is 11.6 Å². The fourth-order valence-corrected chi connectivity index (χ4v) is 2.33. The van der Waals surface area contributed by atoms with Crippen molar-refractivity contribution in [1.82, 2.24) is 9.97 Å². The van der Waals surface area contributed by atoms with E-state index in [9.17, 15) is 0 Å². The first-order valence-corrected chi connectivity index (χ1v) is 6.33. The molecule has 1 aromatic carbocycles. The van der Waals surface area contributed by atoms with Crippen molar-refractivity contribution in [2.45, 2.75) is 16.8 Å². The lowest BCUT2D eigenvalue weighted by molar-refractivity contribution is 0.969. The van der Waals surface area contributed by atoms with Crippen molar-refractivity contribution >= 4 is 29.2 Å². The predicted octanol–water partition coefficient (Wildman–Crippen LogP) is 3.63. The number of anilines is 1. The first-order valence-electron chi connectivity index (χ1n) is 5.14. The summed E-state index contributed by atoms with van der Waals surface area (Å²) >= 11 is 7.43. The number of hydrogen-bond donors (Lipinski definition) is 1. The zero-order chi connectivity index (χ0) is 12.3. The monoisotopic (exact) mass is 265 g/mol. The Labute approximate surface area is 110 Å². The smallest absolute Gasteiger partial charge is 0.130 e. The number of aryl methyl sites for hydroxylation is 1. The van der Waals surface area contributed by atoms with Crippen molar-refractivity contribution < 1.29 is 0 Å². The van der Waals surface area contributed by atoms with Gasteiger partial charge in [0.05, 0.1) is 0 Å². The largest absolute Gasteiger partial charge is 0.373 e. The maximum absolute atomic E-state index is 5.84. The molecule has 0 fully saturated rings. The molecule has 0 saturated heterocycles. The van der Waals surface area contributed by atoms with Gasteiger partial charge in [0, 0.05) is 23.0 Å². The maximum atomic E-state index is 5.84. The van der Waals surface area contributed by atoms with Gasteiger partial charge in [-0.3, -0.25) is 0 Å². The average Bonchev–Trinajstić information content (AvgIpc) is 2.31. The summed E-state index contributed by atoms with van der Waals surface area (Å²) < 4.78 is 0. The molecule has 1 N–H and O–H groups in total. The van der Waals surface area contributed by atoms with Gasteiger partial charge < -0.3 is 5.32 Å². The summed E-state index contributed by atoms with van der Waals surface area (Å²) in [7, 11) is 1.85. The Kier molecular flexibility index (Phi) is 3.86. The van der Waals surface area contributed by atoms with Gasteiger partial charge in [-0.15, -0.1) is 0 Å². The van der Waals surface area contributed by atoms with Crippen LogP contribution in [0.3, 0.4) is 0 Å². The topological polar surface area (TPSA) is 37.8 Å². The highest BCUT2D eigenvalue weighted by Gasteiger charge is 2.03. The van der Waals surface area contributed by atoms with Gasteiger partial charge in [0.2, 0.25) is 0 Å². The van der Waals surface area contributed by atoms with E-state index < -0.39 is 0 Å². The molecular formula is C12H12ClN3S. The van der Waals surface area contributed by atoms with E-state index in [1.165, 1.54) is 0 Å². The summed E-state index contributed by atoms with van der Waals surface area (Å²) in [6.45, 7) is 1.88. The van der Waals surface area contributed by atoms with Crippen LogP contribution in [0.5, 0.6) is 0 Å². The lowest BCUT2D eigenvalue weighted by Gasteiger charge is -2.05. The highest BCUT2D eigenvalue weighted by molar-refractivity contribution is 7.99. The van der Waals surface area contributed by atoms with Crippen molar-refractivity contribution in [2.24, 2.45) is 0 Å². The van der Waals surface area contributed by atoms with Crippen LogP contribution in [-0.2, 0) is 0 Å². The molecule has 0 aliphatic carbocycles. The molecule has 0 atom stereocenters. The number of aromatic nitrogens is 2. The normalized spacial score (nSPS) is 10.3. The molecule has 0 aliphatic heterocycles. The van der Waals surface area contributed by atoms with Crippen LogP contribution in [0.15, 0.2) is 40.3 Å². The molecule has 0 spiro atoms. The fourth-order valence-electron chi connectivity index (χ4n) is 1.34. The van der Waals surface area contributed by atoms with Crippen LogP contribution < -0.4 is 5.32 Å². The quantitative estimate of drug-likeness (QED) is 0.860. The minimum atomic E-state index is 0.740. The van der Waals surface area contributed by atoms with Crippen LogP contribution in [0.1, 0.15) is 5.82 Å². The molecular weight excluding hydrogens is 254 g/mol. The van der Waals surface area contributed by atoms with Crippen molar-refractivity contribution in [3.05, 3.63) is 41.2 Å². The first-order chi connectivity index (χ1) is 8.17. The molecule has 0 aliphatic rings. The lowest BCUT2D eigenvalue weighted by atomic mass is 10.4. The van der Waals surface area contributed by atoms with Gasteiger partial charge in [-0.2, -0.15) is 0 Å². The molecule has 2 aromatic rings. The summed E-state index contributed by atoms with van der Waals surface area (Å²) in [6.07, 6.45) is 0. The Hall–Kier alpha value is -1.26. The van der Waals surface area contributed by atoms with Crippen LogP contribution in [0.4, 0.5) is 5.82 Å². The predicted molar refractivity (Wildman–Crippen MR) is 71.9 cm³/mol. The SMILES string of the molecule is CNc1cc(Sc2ccc(Cl)cc2)nc(C)n1. The van der Waals surface area contributed by atoms with Crippen molar-refractivity contribution in [3.8, 4) is 0 Å². The third-order valence-electron chi connectivity index (χ3n) is 2.11. The van der Waals surface area contributed by atoms with Gasteiger partial charge in [-0.25, -0.2) is 9.97 Å². The van der Waals surface area contributed by atoms with Crippen molar-refractivity contribution in [3.63, 3.8) is 0 Å². The van der Waals surface area contributed by atoms with Gasteiger partial charge in [0.25, 0.3) is 0 Å². The summed E-state index contributed by atoms with van der Waals surface area (Å²) in [4.78, 5) is 9.74. The highest BCUT2D eigenvalue weighted by atomic mass is 35.5. The van der Waals surface area contributed by atoms with E-state index in [0.29, 0.717) is 0 Å². The molecule has 17 heavy (non-hydrogen) atoms. The summed E-state index contributed by atoms with van der Waals surface area (Å²) in [6, 6.07) is 9.62. The molecule has 5 heteroatoms. The van der Waals surface area contributed by atoms with E-state index in [1.807, 2.05) is 44.3 Å². The maximum Gasteiger partial charge on any atom is 0.130 e. The van der Waals surface area contributed by atoms with Gasteiger partial charge >= 0.3 is 0 Å². The molecule has 88 valence electrons. The molecule has 0 unspecified atom stereocenters. The molecule has 3 nitrogen and oxygen atoms in total. The van der Waals surface area contributed by atoms with Crippen LogP contribution in [0.25, 0.3) is 0 Å². The number of benzene rings is 1. The number of halogens is 1. The van der Waals surface area contributed by atoms with Crippen molar-refractivity contribution in [1.29, 1.82) is 0 Å². The number of nitrogens with zero attached hydrogens (tertiary/aromatic N) is 2. The Morgan fingerprint density at radius 2 is 1.88 bits per heavy atom. The summed E-state index contributed by atoms with van der Waals surface area (Å²) in [5, 5.41) is 4.68. The van der Waals surface area contributed by atoms with Gasteiger partial charge in [-0.1, -0.05) is 23.4 Å². The third kappa shape index (κ3) is 3.35. The average molecular weight is 266 g/mol.